The molecular formula is C20H30N2O3. The number of carbonyl (C=O) groups excluding carboxylic acids is 1. The lowest BCUT2D eigenvalue weighted by atomic mass is 9.86. The van der Waals surface area contributed by atoms with Gasteiger partial charge in [0.15, 0.2) is 0 Å². The van der Waals surface area contributed by atoms with Crippen LogP contribution in [0.4, 0.5) is 10.5 Å². The van der Waals surface area contributed by atoms with Gasteiger partial charge >= 0.3 is 12.0 Å². The molecule has 3 N–H and O–H groups in total. The molecule has 138 valence electrons. The predicted molar refractivity (Wildman–Crippen MR) is 100 cm³/mol. The summed E-state index contributed by atoms with van der Waals surface area (Å²) in [6, 6.07) is 6.01. The fourth-order valence-corrected chi connectivity index (χ4v) is 3.52. The molecule has 5 nitrogen and oxygen atoms in total. The highest BCUT2D eigenvalue weighted by Gasteiger charge is 2.27. The lowest BCUT2D eigenvalue weighted by Crippen LogP contribution is -2.41. The average molecular weight is 346 g/mol. The maximum Gasteiger partial charge on any atom is 0.319 e. The van der Waals surface area contributed by atoms with Crippen LogP contribution in [-0.4, -0.2) is 23.1 Å². The monoisotopic (exact) mass is 346 g/mol. The molecule has 1 saturated carbocycles. The number of amides is 2. The Bertz CT molecular complexity index is 591. The van der Waals surface area contributed by atoms with E-state index in [1.807, 2.05) is 6.07 Å². The molecule has 25 heavy (non-hydrogen) atoms. The van der Waals surface area contributed by atoms with Crippen molar-refractivity contribution in [1.29, 1.82) is 0 Å². The van der Waals surface area contributed by atoms with Crippen molar-refractivity contribution in [3.63, 3.8) is 0 Å². The number of carboxylic acids is 1. The number of anilines is 1. The standard InChI is InChI=1S/C20H30N2O3/c1-12(2)16-6-5-7-17(13(3)4)18(16)22-20(25)21-15-10-8-14(9-11-15)19(23)24/h5-7,12-15H,8-11H2,1-4H3,(H,23,24)(H2,21,22,25). The Hall–Kier alpha value is -2.04. The zero-order valence-corrected chi connectivity index (χ0v) is 15.6. The molecule has 0 saturated heterocycles. The minimum absolute atomic E-state index is 0.0457. The predicted octanol–water partition coefficient (Wildman–Crippen LogP) is 4.70. The van der Waals surface area contributed by atoms with Crippen LogP contribution in [0.3, 0.4) is 0 Å². The number of hydrogen-bond acceptors (Lipinski definition) is 2. The van der Waals surface area contributed by atoms with Crippen LogP contribution >= 0.6 is 0 Å². The third-order valence-corrected chi connectivity index (χ3v) is 5.02. The Morgan fingerprint density at radius 1 is 1.00 bits per heavy atom. The van der Waals surface area contributed by atoms with Gasteiger partial charge in [0.2, 0.25) is 0 Å². The average Bonchev–Trinajstić information content (AvgIpc) is 2.54. The fraction of sp³-hybridized carbons (Fsp3) is 0.600. The lowest BCUT2D eigenvalue weighted by molar-refractivity contribution is -0.142. The molecule has 0 aliphatic heterocycles. The SMILES string of the molecule is CC(C)c1cccc(C(C)C)c1NC(=O)NC1CCC(C(=O)O)CC1. The Morgan fingerprint density at radius 3 is 1.96 bits per heavy atom. The maximum atomic E-state index is 12.5. The molecule has 1 fully saturated rings. The van der Waals surface area contributed by atoms with Gasteiger partial charge in [-0.3, -0.25) is 4.79 Å². The van der Waals surface area contributed by atoms with E-state index in [1.165, 1.54) is 0 Å². The number of para-hydroxylation sites is 1. The van der Waals surface area contributed by atoms with E-state index in [4.69, 9.17) is 5.11 Å². The first kappa shape index (κ1) is 19.3. The van der Waals surface area contributed by atoms with Gasteiger partial charge in [0.1, 0.15) is 0 Å². The van der Waals surface area contributed by atoms with Gasteiger partial charge in [-0.1, -0.05) is 45.9 Å². The summed E-state index contributed by atoms with van der Waals surface area (Å²) in [7, 11) is 0. The molecule has 1 aromatic rings. The number of rotatable bonds is 5. The molecule has 0 bridgehead atoms. The van der Waals surface area contributed by atoms with Gasteiger partial charge in [-0.25, -0.2) is 4.79 Å². The van der Waals surface area contributed by atoms with Crippen LogP contribution in [0.2, 0.25) is 0 Å². The van der Waals surface area contributed by atoms with Gasteiger partial charge in [0.25, 0.3) is 0 Å². The molecule has 0 unspecified atom stereocenters. The van der Waals surface area contributed by atoms with E-state index in [0.29, 0.717) is 37.5 Å². The van der Waals surface area contributed by atoms with Crippen molar-refractivity contribution < 1.29 is 14.7 Å². The van der Waals surface area contributed by atoms with Gasteiger partial charge in [-0.2, -0.15) is 0 Å². The molecule has 0 atom stereocenters. The number of carbonyl (C=O) groups is 2. The second-order valence-electron chi connectivity index (χ2n) is 7.61. The summed E-state index contributed by atoms with van der Waals surface area (Å²) in [6.07, 6.45) is 2.68. The molecule has 2 amide bonds. The van der Waals surface area contributed by atoms with E-state index < -0.39 is 5.97 Å². The van der Waals surface area contributed by atoms with Crippen LogP contribution in [0.1, 0.15) is 76.3 Å². The molecular weight excluding hydrogens is 316 g/mol. The maximum absolute atomic E-state index is 12.5. The highest BCUT2D eigenvalue weighted by Crippen LogP contribution is 2.32. The normalized spacial score (nSPS) is 20.6. The Kier molecular flexibility index (Phi) is 6.45. The number of aliphatic carboxylic acids is 1. The number of nitrogens with one attached hydrogen (secondary N) is 2. The molecule has 1 aliphatic rings. The smallest absolute Gasteiger partial charge is 0.319 e. The second-order valence-corrected chi connectivity index (χ2v) is 7.61. The molecule has 0 heterocycles. The minimum atomic E-state index is -0.727. The number of carboxylic acid groups (broad SMARTS) is 1. The van der Waals surface area contributed by atoms with Crippen LogP contribution in [0.15, 0.2) is 18.2 Å². The van der Waals surface area contributed by atoms with Gasteiger partial charge in [0, 0.05) is 11.7 Å². The van der Waals surface area contributed by atoms with E-state index in [1.54, 1.807) is 0 Å². The quantitative estimate of drug-likeness (QED) is 0.723. The minimum Gasteiger partial charge on any atom is -0.481 e. The summed E-state index contributed by atoms with van der Waals surface area (Å²) in [4.78, 5) is 23.5. The summed E-state index contributed by atoms with van der Waals surface area (Å²) in [5, 5.41) is 15.1. The Morgan fingerprint density at radius 2 is 1.52 bits per heavy atom. The van der Waals surface area contributed by atoms with Gasteiger partial charge in [-0.15, -0.1) is 0 Å². The van der Waals surface area contributed by atoms with Crippen LogP contribution in [0.25, 0.3) is 0 Å². The first-order valence-corrected chi connectivity index (χ1v) is 9.22. The molecule has 1 aromatic carbocycles. The highest BCUT2D eigenvalue weighted by molar-refractivity contribution is 5.91. The van der Waals surface area contributed by atoms with Gasteiger partial charge in [0.05, 0.1) is 5.92 Å². The zero-order chi connectivity index (χ0) is 18.6. The number of benzene rings is 1. The number of hydrogen-bond donors (Lipinski definition) is 3. The van der Waals surface area contributed by atoms with Crippen molar-refractivity contribution in [2.24, 2.45) is 5.92 Å². The highest BCUT2D eigenvalue weighted by atomic mass is 16.4. The van der Waals surface area contributed by atoms with Crippen molar-refractivity contribution in [2.45, 2.75) is 71.3 Å². The number of urea groups is 1. The van der Waals surface area contributed by atoms with Crippen LogP contribution < -0.4 is 10.6 Å². The van der Waals surface area contributed by atoms with Crippen LogP contribution in [-0.2, 0) is 4.79 Å². The summed E-state index contributed by atoms with van der Waals surface area (Å²) in [5.74, 6) is -0.356. The summed E-state index contributed by atoms with van der Waals surface area (Å²) in [6.45, 7) is 8.48. The Labute approximate surface area is 150 Å². The summed E-state index contributed by atoms with van der Waals surface area (Å²) < 4.78 is 0. The van der Waals surface area contributed by atoms with Gasteiger partial charge < -0.3 is 15.7 Å². The lowest BCUT2D eigenvalue weighted by Gasteiger charge is -2.27. The van der Waals surface area contributed by atoms with Crippen molar-refractivity contribution in [1.82, 2.24) is 5.32 Å². The Balaban J connectivity index is 2.04. The zero-order valence-electron chi connectivity index (χ0n) is 15.6. The topological polar surface area (TPSA) is 78.4 Å². The molecule has 0 spiro atoms. The second kappa shape index (κ2) is 8.37. The summed E-state index contributed by atoms with van der Waals surface area (Å²) >= 11 is 0. The summed E-state index contributed by atoms with van der Waals surface area (Å²) in [5.41, 5.74) is 3.18. The fourth-order valence-electron chi connectivity index (χ4n) is 3.52. The third kappa shape index (κ3) is 4.97. The van der Waals surface area contributed by atoms with E-state index in [-0.39, 0.29) is 18.0 Å². The molecule has 5 heteroatoms. The van der Waals surface area contributed by atoms with Crippen LogP contribution in [0, 0.1) is 5.92 Å². The van der Waals surface area contributed by atoms with E-state index in [2.05, 4.69) is 50.5 Å². The van der Waals surface area contributed by atoms with Gasteiger partial charge in [-0.05, 0) is 48.6 Å². The first-order valence-electron chi connectivity index (χ1n) is 9.22. The van der Waals surface area contributed by atoms with Crippen molar-refractivity contribution in [2.75, 3.05) is 5.32 Å². The van der Waals surface area contributed by atoms with E-state index in [9.17, 15) is 9.59 Å². The van der Waals surface area contributed by atoms with E-state index in [0.717, 1.165) is 16.8 Å². The van der Waals surface area contributed by atoms with E-state index >= 15 is 0 Å². The molecule has 0 radical (unpaired) electrons. The third-order valence-electron chi connectivity index (χ3n) is 5.02. The molecule has 2 rings (SSSR count). The largest absolute Gasteiger partial charge is 0.481 e. The molecule has 0 aromatic heterocycles. The molecule has 1 aliphatic carbocycles. The first-order chi connectivity index (χ1) is 11.8. The van der Waals surface area contributed by atoms with Crippen molar-refractivity contribution >= 4 is 17.7 Å². The van der Waals surface area contributed by atoms with Crippen LogP contribution in [0.5, 0.6) is 0 Å². The van der Waals surface area contributed by atoms with Crippen molar-refractivity contribution in [3.8, 4) is 0 Å². The van der Waals surface area contributed by atoms with Crippen molar-refractivity contribution in [3.05, 3.63) is 29.3 Å².